The standard InChI is InChI=1S/C9H15N7/c1-7-6-8(2)15(12-7)4-3-5-16-9(10)11-13-14-16/h6H,3-5H2,1-2H3,(H2,10,11,14). The van der Waals surface area contributed by atoms with Crippen molar-refractivity contribution >= 4 is 5.95 Å². The number of rotatable bonds is 4. The topological polar surface area (TPSA) is 87.4 Å². The third-order valence-corrected chi connectivity index (χ3v) is 2.40. The molecule has 7 heteroatoms. The van der Waals surface area contributed by atoms with Crippen molar-refractivity contribution in [1.29, 1.82) is 0 Å². The van der Waals surface area contributed by atoms with E-state index in [2.05, 4.69) is 26.7 Å². The third kappa shape index (κ3) is 2.18. The van der Waals surface area contributed by atoms with E-state index in [1.165, 1.54) is 5.69 Å². The molecule has 0 aromatic carbocycles. The van der Waals surface area contributed by atoms with Crippen LogP contribution in [0.25, 0.3) is 0 Å². The van der Waals surface area contributed by atoms with Crippen LogP contribution in [0.5, 0.6) is 0 Å². The molecule has 0 radical (unpaired) electrons. The maximum Gasteiger partial charge on any atom is 0.240 e. The van der Waals surface area contributed by atoms with Crippen molar-refractivity contribution in [2.45, 2.75) is 33.4 Å². The molecule has 2 heterocycles. The van der Waals surface area contributed by atoms with Gasteiger partial charge in [-0.1, -0.05) is 5.10 Å². The minimum absolute atomic E-state index is 0.355. The van der Waals surface area contributed by atoms with Gasteiger partial charge < -0.3 is 5.73 Å². The quantitative estimate of drug-likeness (QED) is 0.794. The zero-order valence-corrected chi connectivity index (χ0v) is 9.46. The van der Waals surface area contributed by atoms with E-state index >= 15 is 0 Å². The molecule has 7 nitrogen and oxygen atoms in total. The van der Waals surface area contributed by atoms with Crippen molar-refractivity contribution in [3.63, 3.8) is 0 Å². The number of nitrogen functional groups attached to an aromatic ring is 1. The molecule has 0 aliphatic rings. The second kappa shape index (κ2) is 4.30. The fourth-order valence-electron chi connectivity index (χ4n) is 1.64. The number of aryl methyl sites for hydroxylation is 4. The van der Waals surface area contributed by atoms with Crippen LogP contribution >= 0.6 is 0 Å². The van der Waals surface area contributed by atoms with Gasteiger partial charge >= 0.3 is 0 Å². The largest absolute Gasteiger partial charge is 0.367 e. The number of hydrogen-bond donors (Lipinski definition) is 1. The molecule has 2 rings (SSSR count). The smallest absolute Gasteiger partial charge is 0.240 e. The predicted octanol–water partition coefficient (Wildman–Crippen LogP) is 0.159. The molecule has 0 fully saturated rings. The fraction of sp³-hybridized carbons (Fsp3) is 0.556. The van der Waals surface area contributed by atoms with Crippen molar-refractivity contribution < 1.29 is 0 Å². The van der Waals surface area contributed by atoms with Crippen molar-refractivity contribution in [3.8, 4) is 0 Å². The Kier molecular flexibility index (Phi) is 2.84. The lowest BCUT2D eigenvalue weighted by molar-refractivity contribution is 0.488. The van der Waals surface area contributed by atoms with Crippen molar-refractivity contribution in [1.82, 2.24) is 30.0 Å². The zero-order chi connectivity index (χ0) is 11.5. The summed E-state index contributed by atoms with van der Waals surface area (Å²) in [7, 11) is 0. The van der Waals surface area contributed by atoms with E-state index in [4.69, 9.17) is 5.73 Å². The molecule has 0 spiro atoms. The van der Waals surface area contributed by atoms with Crippen LogP contribution in [0, 0.1) is 13.8 Å². The van der Waals surface area contributed by atoms with Gasteiger partial charge in [0.2, 0.25) is 5.95 Å². The number of hydrogen-bond acceptors (Lipinski definition) is 5. The molecule has 0 saturated heterocycles. The first-order valence-corrected chi connectivity index (χ1v) is 5.19. The molecular formula is C9H15N7. The summed E-state index contributed by atoms with van der Waals surface area (Å²) in [5.74, 6) is 0.355. The van der Waals surface area contributed by atoms with Crippen molar-refractivity contribution in [2.75, 3.05) is 5.73 Å². The second-order valence-corrected chi connectivity index (χ2v) is 3.76. The molecule has 0 bridgehead atoms. The van der Waals surface area contributed by atoms with E-state index in [1.54, 1.807) is 4.68 Å². The van der Waals surface area contributed by atoms with Gasteiger partial charge in [-0.3, -0.25) is 4.68 Å². The molecule has 0 aliphatic carbocycles. The first-order valence-electron chi connectivity index (χ1n) is 5.19. The molecule has 0 saturated carbocycles. The van der Waals surface area contributed by atoms with Crippen LogP contribution < -0.4 is 5.73 Å². The highest BCUT2D eigenvalue weighted by Gasteiger charge is 2.03. The molecular weight excluding hydrogens is 206 g/mol. The number of nitrogens with zero attached hydrogens (tertiary/aromatic N) is 6. The molecule has 0 amide bonds. The van der Waals surface area contributed by atoms with Crippen LogP contribution in [0.3, 0.4) is 0 Å². The predicted molar refractivity (Wildman–Crippen MR) is 58.5 cm³/mol. The normalized spacial score (nSPS) is 10.9. The molecule has 2 aromatic heterocycles. The summed E-state index contributed by atoms with van der Waals surface area (Å²) >= 11 is 0. The molecule has 0 aliphatic heterocycles. The average Bonchev–Trinajstić information content (AvgIpc) is 2.75. The van der Waals surface area contributed by atoms with E-state index < -0.39 is 0 Å². The Morgan fingerprint density at radius 3 is 2.56 bits per heavy atom. The van der Waals surface area contributed by atoms with Crippen LogP contribution in [0.4, 0.5) is 5.95 Å². The van der Waals surface area contributed by atoms with Gasteiger partial charge in [-0.25, -0.2) is 4.68 Å². The number of nitrogens with two attached hydrogens (primary N) is 1. The lowest BCUT2D eigenvalue weighted by Gasteiger charge is -2.04. The molecule has 2 aromatic rings. The van der Waals surface area contributed by atoms with E-state index in [0.717, 1.165) is 18.7 Å². The van der Waals surface area contributed by atoms with Crippen molar-refractivity contribution in [2.24, 2.45) is 0 Å². The number of aromatic nitrogens is 6. The van der Waals surface area contributed by atoms with Gasteiger partial charge in [0.25, 0.3) is 0 Å². The number of tetrazole rings is 1. The minimum atomic E-state index is 0.355. The van der Waals surface area contributed by atoms with Gasteiger partial charge in [-0.15, -0.1) is 0 Å². The van der Waals surface area contributed by atoms with Gasteiger partial charge in [-0.2, -0.15) is 5.10 Å². The Bertz CT molecular complexity index is 470. The Morgan fingerprint density at radius 1 is 1.25 bits per heavy atom. The van der Waals surface area contributed by atoms with Crippen molar-refractivity contribution in [3.05, 3.63) is 17.5 Å². The van der Waals surface area contributed by atoms with Crippen LogP contribution in [0.1, 0.15) is 17.8 Å². The molecule has 0 unspecified atom stereocenters. The van der Waals surface area contributed by atoms with Crippen LogP contribution in [-0.2, 0) is 13.1 Å². The lowest BCUT2D eigenvalue weighted by Crippen LogP contribution is -2.09. The van der Waals surface area contributed by atoms with Crippen LogP contribution in [0.15, 0.2) is 6.07 Å². The van der Waals surface area contributed by atoms with Gasteiger partial charge in [0.15, 0.2) is 0 Å². The fourth-order valence-corrected chi connectivity index (χ4v) is 1.64. The molecule has 86 valence electrons. The summed E-state index contributed by atoms with van der Waals surface area (Å²) in [4.78, 5) is 0. The molecule has 16 heavy (non-hydrogen) atoms. The Hall–Kier alpha value is -1.92. The monoisotopic (exact) mass is 221 g/mol. The summed E-state index contributed by atoms with van der Waals surface area (Å²) in [6, 6.07) is 2.06. The first kappa shape index (κ1) is 10.6. The van der Waals surface area contributed by atoms with E-state index in [-0.39, 0.29) is 0 Å². The van der Waals surface area contributed by atoms with Gasteiger partial charge in [0, 0.05) is 18.8 Å². The lowest BCUT2D eigenvalue weighted by atomic mass is 10.4. The summed E-state index contributed by atoms with van der Waals surface area (Å²) in [6.45, 7) is 5.59. The third-order valence-electron chi connectivity index (χ3n) is 2.40. The second-order valence-electron chi connectivity index (χ2n) is 3.76. The summed E-state index contributed by atoms with van der Waals surface area (Å²) in [5.41, 5.74) is 7.77. The summed E-state index contributed by atoms with van der Waals surface area (Å²) in [6.07, 6.45) is 0.900. The highest BCUT2D eigenvalue weighted by Crippen LogP contribution is 2.03. The Morgan fingerprint density at radius 2 is 2.00 bits per heavy atom. The molecule has 2 N–H and O–H groups in total. The average molecular weight is 221 g/mol. The van der Waals surface area contributed by atoms with Crippen LogP contribution in [0.2, 0.25) is 0 Å². The van der Waals surface area contributed by atoms with Gasteiger partial charge in [-0.05, 0) is 36.8 Å². The zero-order valence-electron chi connectivity index (χ0n) is 9.46. The van der Waals surface area contributed by atoms with E-state index in [0.29, 0.717) is 12.5 Å². The van der Waals surface area contributed by atoms with E-state index in [1.807, 2.05) is 18.5 Å². The minimum Gasteiger partial charge on any atom is -0.367 e. The number of anilines is 1. The highest BCUT2D eigenvalue weighted by molar-refractivity contribution is 5.09. The maximum absolute atomic E-state index is 5.56. The Balaban J connectivity index is 1.89. The van der Waals surface area contributed by atoms with Crippen LogP contribution in [-0.4, -0.2) is 30.0 Å². The summed E-state index contributed by atoms with van der Waals surface area (Å²) in [5, 5.41) is 15.3. The highest BCUT2D eigenvalue weighted by atomic mass is 15.6. The summed E-state index contributed by atoms with van der Waals surface area (Å²) < 4.78 is 3.57. The van der Waals surface area contributed by atoms with E-state index in [9.17, 15) is 0 Å². The maximum atomic E-state index is 5.56. The SMILES string of the molecule is Cc1cc(C)n(CCCn2nnnc2N)n1. The molecule has 0 atom stereocenters. The Labute approximate surface area is 93.2 Å². The first-order chi connectivity index (χ1) is 7.66. The van der Waals surface area contributed by atoms with Gasteiger partial charge in [0.1, 0.15) is 0 Å². The van der Waals surface area contributed by atoms with Gasteiger partial charge in [0.05, 0.1) is 5.69 Å².